The first-order valence-electron chi connectivity index (χ1n) is 9.83. The average molecular weight is 381 g/mol. The smallest absolute Gasteiger partial charge is 0.229 e. The van der Waals surface area contributed by atoms with Crippen molar-refractivity contribution < 1.29 is 9.59 Å². The van der Waals surface area contributed by atoms with Gasteiger partial charge in [0.15, 0.2) is 5.82 Å². The number of aromatic nitrogens is 4. The Morgan fingerprint density at radius 1 is 0.893 bits per heavy atom. The fourth-order valence-corrected chi connectivity index (χ4v) is 3.86. The molecule has 0 spiro atoms. The summed E-state index contributed by atoms with van der Waals surface area (Å²) in [6.07, 6.45) is 7.12. The summed E-state index contributed by atoms with van der Waals surface area (Å²) in [5, 5.41) is 4.19. The largest absolute Gasteiger partial charge is 0.355 e. The van der Waals surface area contributed by atoms with E-state index in [1.807, 2.05) is 28.1 Å². The molecule has 28 heavy (non-hydrogen) atoms. The van der Waals surface area contributed by atoms with Crippen LogP contribution in [0.25, 0.3) is 5.82 Å². The lowest BCUT2D eigenvalue weighted by molar-refractivity contribution is -0.143. The normalized spacial score (nSPS) is 20.2. The van der Waals surface area contributed by atoms with Crippen LogP contribution in [0, 0.1) is 11.8 Å². The highest BCUT2D eigenvalue weighted by Gasteiger charge is 2.39. The van der Waals surface area contributed by atoms with Crippen molar-refractivity contribution >= 4 is 17.6 Å². The fourth-order valence-electron chi connectivity index (χ4n) is 3.86. The van der Waals surface area contributed by atoms with Gasteiger partial charge in [0.25, 0.3) is 0 Å². The molecule has 0 unspecified atom stereocenters. The summed E-state index contributed by atoms with van der Waals surface area (Å²) in [5.74, 6) is 2.23. The highest BCUT2D eigenvalue weighted by molar-refractivity contribution is 5.83. The number of amides is 2. The molecule has 2 saturated heterocycles. The third kappa shape index (κ3) is 3.21. The predicted octanol–water partition coefficient (Wildman–Crippen LogP) is 0.179. The lowest BCUT2D eigenvalue weighted by atomic mass is 9.98. The van der Waals surface area contributed by atoms with Crippen LogP contribution >= 0.6 is 0 Å². The topological polar surface area (TPSA) is 87.5 Å². The molecule has 4 heterocycles. The molecule has 0 radical (unpaired) electrons. The van der Waals surface area contributed by atoms with Crippen molar-refractivity contribution in [2.24, 2.45) is 11.8 Å². The van der Waals surface area contributed by atoms with Gasteiger partial charge in [-0.15, -0.1) is 0 Å². The molecule has 1 aliphatic carbocycles. The molecule has 2 aliphatic heterocycles. The summed E-state index contributed by atoms with van der Waals surface area (Å²) < 4.78 is 1.69. The van der Waals surface area contributed by atoms with E-state index in [-0.39, 0.29) is 23.7 Å². The van der Waals surface area contributed by atoms with Crippen LogP contribution in [-0.4, -0.2) is 80.6 Å². The minimum absolute atomic E-state index is 0.00574. The van der Waals surface area contributed by atoms with Crippen molar-refractivity contribution in [3.63, 3.8) is 0 Å². The number of hydrogen-bond acceptors (Lipinski definition) is 6. The first-order chi connectivity index (χ1) is 13.7. The summed E-state index contributed by atoms with van der Waals surface area (Å²) in [7, 11) is 0. The van der Waals surface area contributed by atoms with Crippen LogP contribution in [0.2, 0.25) is 0 Å². The Balaban J connectivity index is 1.15. The number of rotatable bonds is 4. The van der Waals surface area contributed by atoms with Gasteiger partial charge in [0.2, 0.25) is 11.8 Å². The Morgan fingerprint density at radius 2 is 1.54 bits per heavy atom. The van der Waals surface area contributed by atoms with Gasteiger partial charge in [-0.2, -0.15) is 5.10 Å². The van der Waals surface area contributed by atoms with Crippen LogP contribution in [0.15, 0.2) is 30.9 Å². The number of carbonyl (C=O) groups is 2. The first-order valence-corrected chi connectivity index (χ1v) is 9.83. The molecule has 146 valence electrons. The zero-order valence-electron chi connectivity index (χ0n) is 15.6. The summed E-state index contributed by atoms with van der Waals surface area (Å²) in [6.45, 7) is 3.94. The van der Waals surface area contributed by atoms with Crippen LogP contribution in [0.3, 0.4) is 0 Å². The molecule has 0 atom stereocenters. The van der Waals surface area contributed by atoms with Crippen molar-refractivity contribution in [2.45, 2.75) is 12.8 Å². The van der Waals surface area contributed by atoms with Gasteiger partial charge in [-0.25, -0.2) is 14.6 Å². The van der Waals surface area contributed by atoms with Gasteiger partial charge in [0, 0.05) is 63.6 Å². The summed E-state index contributed by atoms with van der Waals surface area (Å²) >= 11 is 0. The van der Waals surface area contributed by atoms with Crippen molar-refractivity contribution in [3.05, 3.63) is 30.9 Å². The van der Waals surface area contributed by atoms with Gasteiger partial charge < -0.3 is 14.7 Å². The van der Waals surface area contributed by atoms with Gasteiger partial charge in [0.05, 0.1) is 5.92 Å². The predicted molar refractivity (Wildman–Crippen MR) is 101 cm³/mol. The fraction of sp³-hybridized carbons (Fsp3) is 0.526. The zero-order valence-corrected chi connectivity index (χ0v) is 15.6. The SMILES string of the molecule is O=C(C1CC1)N1CCN(C(=O)C2CN(c3cc(-n4cccn4)ncn3)C2)CC1. The first kappa shape index (κ1) is 17.2. The molecule has 1 saturated carbocycles. The van der Waals surface area contributed by atoms with Gasteiger partial charge in [0.1, 0.15) is 12.1 Å². The van der Waals surface area contributed by atoms with Gasteiger partial charge in [-0.05, 0) is 18.9 Å². The van der Waals surface area contributed by atoms with E-state index in [4.69, 9.17) is 0 Å². The van der Waals surface area contributed by atoms with E-state index in [0.29, 0.717) is 45.1 Å². The Kier molecular flexibility index (Phi) is 4.22. The molecule has 9 nitrogen and oxygen atoms in total. The number of carbonyl (C=O) groups excluding carboxylic acids is 2. The number of anilines is 1. The zero-order chi connectivity index (χ0) is 19.1. The Labute approximate surface area is 162 Å². The summed E-state index contributed by atoms with van der Waals surface area (Å²) in [5.41, 5.74) is 0. The van der Waals surface area contributed by atoms with E-state index in [2.05, 4.69) is 20.0 Å². The van der Waals surface area contributed by atoms with E-state index in [9.17, 15) is 9.59 Å². The van der Waals surface area contributed by atoms with Gasteiger partial charge in [-0.1, -0.05) is 0 Å². The minimum atomic E-state index is -0.00574. The molecule has 0 aromatic carbocycles. The highest BCUT2D eigenvalue weighted by atomic mass is 16.2. The van der Waals surface area contributed by atoms with Crippen LogP contribution in [0.5, 0.6) is 0 Å². The summed E-state index contributed by atoms with van der Waals surface area (Å²) in [4.78, 5) is 39.4. The van der Waals surface area contributed by atoms with E-state index >= 15 is 0 Å². The maximum absolute atomic E-state index is 12.8. The lowest BCUT2D eigenvalue weighted by Gasteiger charge is -2.43. The van der Waals surface area contributed by atoms with Crippen molar-refractivity contribution in [1.29, 1.82) is 0 Å². The molecular weight excluding hydrogens is 358 g/mol. The van der Waals surface area contributed by atoms with Crippen molar-refractivity contribution in [2.75, 3.05) is 44.2 Å². The van der Waals surface area contributed by atoms with E-state index in [0.717, 1.165) is 18.7 Å². The molecule has 0 bridgehead atoms. The van der Waals surface area contributed by atoms with E-state index in [1.165, 1.54) is 6.33 Å². The Bertz CT molecular complexity index is 866. The van der Waals surface area contributed by atoms with E-state index < -0.39 is 0 Å². The second-order valence-electron chi connectivity index (χ2n) is 7.71. The molecule has 5 rings (SSSR count). The molecule has 2 aromatic rings. The molecule has 0 N–H and O–H groups in total. The standard InChI is InChI=1S/C19H23N7O2/c27-18(14-2-3-14)23-6-8-24(9-7-23)19(28)15-11-25(12-15)16-10-17(21-13-20-16)26-5-1-4-22-26/h1,4-5,10,13-15H,2-3,6-9,11-12H2. The Morgan fingerprint density at radius 3 is 2.14 bits per heavy atom. The molecule has 9 heteroatoms. The molecule has 2 aromatic heterocycles. The number of hydrogen-bond donors (Lipinski definition) is 0. The monoisotopic (exact) mass is 381 g/mol. The third-order valence-electron chi connectivity index (χ3n) is 5.76. The Hall–Kier alpha value is -2.97. The van der Waals surface area contributed by atoms with Crippen LogP contribution in [-0.2, 0) is 9.59 Å². The molecule has 3 fully saturated rings. The molecule has 2 amide bonds. The van der Waals surface area contributed by atoms with E-state index in [1.54, 1.807) is 10.9 Å². The second kappa shape index (κ2) is 6.88. The van der Waals surface area contributed by atoms with Gasteiger partial charge in [-0.3, -0.25) is 9.59 Å². The maximum atomic E-state index is 12.8. The minimum Gasteiger partial charge on any atom is -0.355 e. The average Bonchev–Trinajstić information content (AvgIpc) is 3.40. The number of piperazine rings is 1. The molecular formula is C19H23N7O2. The number of nitrogens with zero attached hydrogens (tertiary/aromatic N) is 7. The van der Waals surface area contributed by atoms with Crippen molar-refractivity contribution in [3.8, 4) is 5.82 Å². The van der Waals surface area contributed by atoms with Crippen LogP contribution in [0.1, 0.15) is 12.8 Å². The third-order valence-corrected chi connectivity index (χ3v) is 5.76. The lowest BCUT2D eigenvalue weighted by Crippen LogP contribution is -2.58. The van der Waals surface area contributed by atoms with Crippen molar-refractivity contribution in [1.82, 2.24) is 29.5 Å². The maximum Gasteiger partial charge on any atom is 0.229 e. The van der Waals surface area contributed by atoms with Crippen LogP contribution < -0.4 is 4.90 Å². The molecule has 3 aliphatic rings. The highest BCUT2D eigenvalue weighted by Crippen LogP contribution is 2.31. The van der Waals surface area contributed by atoms with Gasteiger partial charge >= 0.3 is 0 Å². The second-order valence-corrected chi connectivity index (χ2v) is 7.71. The van der Waals surface area contributed by atoms with Crippen LogP contribution in [0.4, 0.5) is 5.82 Å². The summed E-state index contributed by atoms with van der Waals surface area (Å²) in [6, 6.07) is 3.73. The quantitative estimate of drug-likeness (QED) is 0.751.